The third kappa shape index (κ3) is 3.18. The van der Waals surface area contributed by atoms with Gasteiger partial charge in [0.2, 0.25) is 0 Å². The van der Waals surface area contributed by atoms with E-state index >= 15 is 0 Å². The average molecular weight is 249 g/mol. The Labute approximate surface area is 105 Å². The van der Waals surface area contributed by atoms with Gasteiger partial charge in [0.15, 0.2) is 0 Å². The van der Waals surface area contributed by atoms with Crippen LogP contribution in [0.4, 0.5) is 4.39 Å². The molecule has 2 aromatic rings. The molecule has 96 valence electrons. The van der Waals surface area contributed by atoms with Crippen LogP contribution in [-0.4, -0.2) is 7.11 Å². The first-order chi connectivity index (χ1) is 8.69. The molecule has 2 N–H and O–H groups in total. The topological polar surface area (TPSA) is 48.4 Å². The summed E-state index contributed by atoms with van der Waals surface area (Å²) in [6.45, 7) is 0.423. The molecule has 1 atom stereocenters. The lowest BCUT2D eigenvalue weighted by Gasteiger charge is -2.08. The fourth-order valence-corrected chi connectivity index (χ4v) is 1.83. The summed E-state index contributed by atoms with van der Waals surface area (Å²) in [5.74, 6) is 1.17. The largest absolute Gasteiger partial charge is 0.462 e. The van der Waals surface area contributed by atoms with Gasteiger partial charge in [0.25, 0.3) is 0 Å². The standard InChI is InChI=1S/C14H16FNO2/c1-17-9-12-5-6-14(18-12)13(16)8-10-3-2-4-11(15)7-10/h2-7,13H,8-9,16H2,1H3. The smallest absolute Gasteiger partial charge is 0.129 e. The van der Waals surface area contributed by atoms with E-state index in [2.05, 4.69) is 0 Å². The number of nitrogens with two attached hydrogens (primary N) is 1. The third-order valence-corrected chi connectivity index (χ3v) is 2.68. The van der Waals surface area contributed by atoms with Crippen LogP contribution in [0.25, 0.3) is 0 Å². The lowest BCUT2D eigenvalue weighted by molar-refractivity contribution is 0.162. The van der Waals surface area contributed by atoms with Gasteiger partial charge in [-0.25, -0.2) is 4.39 Å². The van der Waals surface area contributed by atoms with Crippen molar-refractivity contribution in [2.45, 2.75) is 19.1 Å². The van der Waals surface area contributed by atoms with Crippen LogP contribution in [0.3, 0.4) is 0 Å². The molecular formula is C14H16FNO2. The second kappa shape index (κ2) is 5.80. The van der Waals surface area contributed by atoms with Crippen molar-refractivity contribution in [3.05, 3.63) is 59.3 Å². The highest BCUT2D eigenvalue weighted by atomic mass is 19.1. The van der Waals surface area contributed by atoms with Gasteiger partial charge < -0.3 is 14.9 Å². The molecular weight excluding hydrogens is 233 g/mol. The first kappa shape index (κ1) is 12.8. The summed E-state index contributed by atoms with van der Waals surface area (Å²) >= 11 is 0. The summed E-state index contributed by atoms with van der Waals surface area (Å²) in [6, 6.07) is 9.81. The van der Waals surface area contributed by atoms with Crippen molar-refractivity contribution in [1.29, 1.82) is 0 Å². The van der Waals surface area contributed by atoms with Gasteiger partial charge in [-0.3, -0.25) is 0 Å². The van der Waals surface area contributed by atoms with Gasteiger partial charge in [0.05, 0.1) is 6.04 Å². The number of hydrogen-bond acceptors (Lipinski definition) is 3. The van der Waals surface area contributed by atoms with E-state index in [0.717, 1.165) is 11.3 Å². The number of hydrogen-bond donors (Lipinski definition) is 1. The minimum Gasteiger partial charge on any atom is -0.462 e. The van der Waals surface area contributed by atoms with Gasteiger partial charge in [0, 0.05) is 7.11 Å². The van der Waals surface area contributed by atoms with E-state index in [9.17, 15) is 4.39 Å². The maximum absolute atomic E-state index is 13.0. The van der Waals surface area contributed by atoms with Crippen molar-refractivity contribution in [1.82, 2.24) is 0 Å². The molecule has 0 fully saturated rings. The van der Waals surface area contributed by atoms with Crippen LogP contribution >= 0.6 is 0 Å². The summed E-state index contributed by atoms with van der Waals surface area (Å²) in [7, 11) is 1.61. The highest BCUT2D eigenvalue weighted by Gasteiger charge is 2.12. The quantitative estimate of drug-likeness (QED) is 0.886. The lowest BCUT2D eigenvalue weighted by Crippen LogP contribution is -2.12. The summed E-state index contributed by atoms with van der Waals surface area (Å²) in [5.41, 5.74) is 6.88. The third-order valence-electron chi connectivity index (χ3n) is 2.68. The van der Waals surface area contributed by atoms with Crippen LogP contribution in [0.1, 0.15) is 23.1 Å². The maximum atomic E-state index is 13.0. The molecule has 0 spiro atoms. The normalized spacial score (nSPS) is 12.6. The van der Waals surface area contributed by atoms with E-state index in [1.807, 2.05) is 18.2 Å². The van der Waals surface area contributed by atoms with Crippen LogP contribution < -0.4 is 5.73 Å². The van der Waals surface area contributed by atoms with E-state index < -0.39 is 0 Å². The molecule has 0 amide bonds. The Balaban J connectivity index is 2.04. The highest BCUT2D eigenvalue weighted by molar-refractivity contribution is 5.20. The molecule has 0 bridgehead atoms. The lowest BCUT2D eigenvalue weighted by atomic mass is 10.0. The zero-order valence-electron chi connectivity index (χ0n) is 10.2. The maximum Gasteiger partial charge on any atom is 0.129 e. The molecule has 0 radical (unpaired) electrons. The van der Waals surface area contributed by atoms with E-state index in [1.54, 1.807) is 13.2 Å². The Morgan fingerprint density at radius 1 is 1.33 bits per heavy atom. The zero-order valence-corrected chi connectivity index (χ0v) is 10.2. The summed E-state index contributed by atoms with van der Waals surface area (Å²) in [6.07, 6.45) is 0.539. The van der Waals surface area contributed by atoms with Crippen molar-refractivity contribution in [2.24, 2.45) is 5.73 Å². The highest BCUT2D eigenvalue weighted by Crippen LogP contribution is 2.19. The van der Waals surface area contributed by atoms with Gasteiger partial charge in [-0.2, -0.15) is 0 Å². The van der Waals surface area contributed by atoms with Crippen LogP contribution in [0, 0.1) is 5.82 Å². The molecule has 0 saturated heterocycles. The first-order valence-corrected chi connectivity index (χ1v) is 5.76. The molecule has 1 heterocycles. The molecule has 1 unspecified atom stereocenters. The monoisotopic (exact) mass is 249 g/mol. The van der Waals surface area contributed by atoms with E-state index in [-0.39, 0.29) is 11.9 Å². The van der Waals surface area contributed by atoms with Crippen molar-refractivity contribution in [3.8, 4) is 0 Å². The molecule has 0 aliphatic heterocycles. The molecule has 4 heteroatoms. The summed E-state index contributed by atoms with van der Waals surface area (Å²) in [4.78, 5) is 0. The molecule has 0 aliphatic rings. The molecule has 1 aromatic heterocycles. The Morgan fingerprint density at radius 2 is 2.17 bits per heavy atom. The minimum atomic E-state index is -0.280. The number of furan rings is 1. The van der Waals surface area contributed by atoms with Gasteiger partial charge in [-0.05, 0) is 36.2 Å². The van der Waals surface area contributed by atoms with Crippen LogP contribution in [-0.2, 0) is 17.8 Å². The van der Waals surface area contributed by atoms with E-state index in [1.165, 1.54) is 12.1 Å². The number of methoxy groups -OCH3 is 1. The SMILES string of the molecule is COCc1ccc(C(N)Cc2cccc(F)c2)o1. The van der Waals surface area contributed by atoms with Gasteiger partial charge in [-0.15, -0.1) is 0 Å². The summed E-state index contributed by atoms with van der Waals surface area (Å²) < 4.78 is 23.6. The average Bonchev–Trinajstić information content (AvgIpc) is 2.78. The predicted molar refractivity (Wildman–Crippen MR) is 66.5 cm³/mol. The molecule has 18 heavy (non-hydrogen) atoms. The summed E-state index contributed by atoms with van der Waals surface area (Å²) in [5, 5.41) is 0. The van der Waals surface area contributed by atoms with Crippen LogP contribution in [0.5, 0.6) is 0 Å². The molecule has 0 aliphatic carbocycles. The second-order valence-electron chi connectivity index (χ2n) is 4.18. The molecule has 0 saturated carbocycles. The first-order valence-electron chi connectivity index (χ1n) is 5.76. The Hall–Kier alpha value is -1.65. The predicted octanol–water partition coefficient (Wildman–Crippen LogP) is 2.81. The van der Waals surface area contributed by atoms with E-state index in [4.69, 9.17) is 14.9 Å². The van der Waals surface area contributed by atoms with E-state index in [0.29, 0.717) is 18.8 Å². The van der Waals surface area contributed by atoms with Gasteiger partial charge >= 0.3 is 0 Å². The number of rotatable bonds is 5. The Morgan fingerprint density at radius 3 is 2.89 bits per heavy atom. The fourth-order valence-electron chi connectivity index (χ4n) is 1.83. The van der Waals surface area contributed by atoms with Crippen LogP contribution in [0.15, 0.2) is 40.8 Å². The van der Waals surface area contributed by atoms with Crippen molar-refractivity contribution in [2.75, 3.05) is 7.11 Å². The molecule has 2 rings (SSSR count). The van der Waals surface area contributed by atoms with Crippen molar-refractivity contribution in [3.63, 3.8) is 0 Å². The minimum absolute atomic E-state index is 0.251. The number of benzene rings is 1. The fraction of sp³-hybridized carbons (Fsp3) is 0.286. The van der Waals surface area contributed by atoms with Crippen molar-refractivity contribution >= 4 is 0 Å². The van der Waals surface area contributed by atoms with Crippen molar-refractivity contribution < 1.29 is 13.5 Å². The Kier molecular flexibility index (Phi) is 4.12. The Bertz CT molecular complexity index is 510. The van der Waals surface area contributed by atoms with Crippen LogP contribution in [0.2, 0.25) is 0 Å². The number of ether oxygens (including phenoxy) is 1. The zero-order chi connectivity index (χ0) is 13.0. The second-order valence-corrected chi connectivity index (χ2v) is 4.18. The van der Waals surface area contributed by atoms with Gasteiger partial charge in [-0.1, -0.05) is 12.1 Å². The van der Waals surface area contributed by atoms with Gasteiger partial charge in [0.1, 0.15) is 23.9 Å². The number of halogens is 1. The molecule has 3 nitrogen and oxygen atoms in total. The molecule has 1 aromatic carbocycles.